The fraction of sp³-hybridized carbons (Fsp3) is 0.222. The molecule has 3 rings (SSSR count). The molecule has 2 amide bonds. The highest BCUT2D eigenvalue weighted by molar-refractivity contribution is 6.37. The normalized spacial score (nSPS) is 17.3. The fourth-order valence-corrected chi connectivity index (χ4v) is 3.44. The summed E-state index contributed by atoms with van der Waals surface area (Å²) in [4.78, 5) is 27.7. The molecule has 8 heteroatoms. The summed E-state index contributed by atoms with van der Waals surface area (Å²) in [5, 5.41) is 0.449. The van der Waals surface area contributed by atoms with Gasteiger partial charge in [-0.05, 0) is 30.7 Å². The average molecular weight is 380 g/mol. The number of rotatable bonds is 3. The second kappa shape index (κ2) is 6.57. The monoisotopic (exact) mass is 379 g/mol. The van der Waals surface area contributed by atoms with Gasteiger partial charge in [-0.15, -0.1) is 0 Å². The van der Waals surface area contributed by atoms with Crippen LogP contribution >= 0.6 is 11.6 Å². The molecule has 0 fully saturated rings. The minimum atomic E-state index is -1.47. The van der Waals surface area contributed by atoms with E-state index in [0.717, 1.165) is 12.1 Å². The minimum absolute atomic E-state index is 0.00618. The van der Waals surface area contributed by atoms with Crippen LogP contribution in [-0.4, -0.2) is 41.0 Å². The highest BCUT2D eigenvalue weighted by Gasteiger charge is 2.28. The van der Waals surface area contributed by atoms with E-state index in [1.54, 1.807) is 6.92 Å². The van der Waals surface area contributed by atoms with Gasteiger partial charge in [-0.3, -0.25) is 9.59 Å². The van der Waals surface area contributed by atoms with E-state index >= 15 is 0 Å². The summed E-state index contributed by atoms with van der Waals surface area (Å²) in [5.74, 6) is -2.04. The van der Waals surface area contributed by atoms with Gasteiger partial charge in [0.2, 0.25) is 5.91 Å². The molecule has 0 saturated carbocycles. The van der Waals surface area contributed by atoms with Gasteiger partial charge in [0.1, 0.15) is 12.0 Å². The molecule has 0 radical (unpaired) electrons. The summed E-state index contributed by atoms with van der Waals surface area (Å²) in [5.41, 5.74) is 6.38. The largest absolute Gasteiger partial charge is 0.366 e. The smallest absolute Gasteiger partial charge is 0.250 e. The third-order valence-electron chi connectivity index (χ3n) is 4.35. The lowest BCUT2D eigenvalue weighted by Gasteiger charge is -2.29. The van der Waals surface area contributed by atoms with Crippen molar-refractivity contribution in [3.8, 4) is 0 Å². The molecule has 1 aromatic heterocycles. The van der Waals surface area contributed by atoms with E-state index in [0.29, 0.717) is 5.69 Å². The van der Waals surface area contributed by atoms with E-state index < -0.39 is 23.8 Å². The van der Waals surface area contributed by atoms with E-state index in [9.17, 15) is 18.4 Å². The molecule has 1 atom stereocenters. The molecule has 0 aliphatic carbocycles. The number of nitrogens with two attached hydrogens (primary N) is 1. The zero-order valence-electron chi connectivity index (χ0n) is 13.9. The summed E-state index contributed by atoms with van der Waals surface area (Å²) in [6.45, 7) is 4.91. The molecule has 1 aliphatic rings. The molecule has 136 valence electrons. The van der Waals surface area contributed by atoms with Crippen LogP contribution in [0.25, 0.3) is 16.5 Å². The first-order valence-corrected chi connectivity index (χ1v) is 8.19. The first kappa shape index (κ1) is 18.1. The number of halogens is 3. The lowest BCUT2D eigenvalue weighted by atomic mass is 9.94. The number of hydrogen-bond donors (Lipinski definition) is 2. The van der Waals surface area contributed by atoms with Crippen molar-refractivity contribution >= 4 is 39.9 Å². The number of hydrogen-bond acceptors (Lipinski definition) is 2. The van der Waals surface area contributed by atoms with Crippen molar-refractivity contribution in [3.05, 3.63) is 52.5 Å². The predicted octanol–water partition coefficient (Wildman–Crippen LogP) is 3.12. The zero-order valence-corrected chi connectivity index (χ0v) is 14.7. The van der Waals surface area contributed by atoms with Crippen LogP contribution in [0.4, 0.5) is 8.78 Å². The van der Waals surface area contributed by atoms with Crippen LogP contribution in [0.1, 0.15) is 21.6 Å². The van der Waals surface area contributed by atoms with E-state index in [1.807, 2.05) is 0 Å². The van der Waals surface area contributed by atoms with Crippen LogP contribution in [0.2, 0.25) is 5.02 Å². The second-order valence-corrected chi connectivity index (χ2v) is 6.47. The van der Waals surface area contributed by atoms with Crippen molar-refractivity contribution in [1.29, 1.82) is 0 Å². The molecular weight excluding hydrogens is 364 g/mol. The quantitative estimate of drug-likeness (QED) is 0.803. The van der Waals surface area contributed by atoms with Gasteiger partial charge in [0, 0.05) is 23.2 Å². The Morgan fingerprint density at radius 3 is 2.81 bits per heavy atom. The molecule has 26 heavy (non-hydrogen) atoms. The number of nitrogens with one attached hydrogen (secondary N) is 1. The number of aromatic nitrogens is 1. The van der Waals surface area contributed by atoms with Crippen LogP contribution in [0.15, 0.2) is 24.8 Å². The predicted molar refractivity (Wildman–Crippen MR) is 96.2 cm³/mol. The number of carbonyl (C=O) groups excluding carboxylic acids is 2. The van der Waals surface area contributed by atoms with E-state index in [4.69, 9.17) is 17.3 Å². The van der Waals surface area contributed by atoms with Crippen molar-refractivity contribution in [2.45, 2.75) is 13.1 Å². The number of fused-ring (bicyclic) bond motifs is 1. The Morgan fingerprint density at radius 1 is 1.50 bits per heavy atom. The van der Waals surface area contributed by atoms with Crippen molar-refractivity contribution in [2.75, 3.05) is 13.1 Å². The van der Waals surface area contributed by atoms with Crippen molar-refractivity contribution in [3.63, 3.8) is 0 Å². The Bertz CT molecular complexity index is 981. The molecule has 5 nitrogen and oxygen atoms in total. The highest BCUT2D eigenvalue weighted by Crippen LogP contribution is 2.38. The van der Waals surface area contributed by atoms with Gasteiger partial charge in [0.15, 0.2) is 0 Å². The van der Waals surface area contributed by atoms with E-state index in [-0.39, 0.29) is 45.7 Å². The van der Waals surface area contributed by atoms with Crippen molar-refractivity contribution in [1.82, 2.24) is 9.88 Å². The Morgan fingerprint density at radius 2 is 2.19 bits per heavy atom. The lowest BCUT2D eigenvalue weighted by Crippen LogP contribution is -2.39. The fourth-order valence-electron chi connectivity index (χ4n) is 3.20. The molecule has 1 aliphatic heterocycles. The van der Waals surface area contributed by atoms with Crippen molar-refractivity contribution in [2.24, 2.45) is 5.73 Å². The maximum Gasteiger partial charge on any atom is 0.250 e. The van der Waals surface area contributed by atoms with Crippen LogP contribution in [0.3, 0.4) is 0 Å². The standard InChI is InChI=1S/C18H16ClF2N3O2/c1-3-13(25)24-6-9(4-10(20)7-24)14-12(21)5-11(18(22)26)17-15(14)16(19)8(2)23-17/h3-5,10,23H,1,6-7H2,2H3,(H2,22,26). The van der Waals surface area contributed by atoms with Gasteiger partial charge in [-0.25, -0.2) is 8.78 Å². The number of nitrogens with zero attached hydrogens (tertiary/aromatic N) is 1. The number of primary amides is 1. The van der Waals surface area contributed by atoms with Gasteiger partial charge in [-0.1, -0.05) is 18.2 Å². The molecule has 0 bridgehead atoms. The molecular formula is C18H16ClF2N3O2. The van der Waals surface area contributed by atoms with Gasteiger partial charge < -0.3 is 15.6 Å². The number of aryl methyl sites for hydroxylation is 1. The van der Waals surface area contributed by atoms with Gasteiger partial charge in [0.25, 0.3) is 5.91 Å². The minimum Gasteiger partial charge on any atom is -0.366 e. The summed E-state index contributed by atoms with van der Waals surface area (Å²) in [7, 11) is 0. The topological polar surface area (TPSA) is 79.2 Å². The first-order valence-electron chi connectivity index (χ1n) is 7.81. The van der Waals surface area contributed by atoms with Gasteiger partial charge in [0.05, 0.1) is 22.6 Å². The van der Waals surface area contributed by atoms with E-state index in [1.165, 1.54) is 11.0 Å². The molecule has 1 aromatic carbocycles. The Labute approximate surface area is 153 Å². The third-order valence-corrected chi connectivity index (χ3v) is 4.82. The summed E-state index contributed by atoms with van der Waals surface area (Å²) >= 11 is 6.31. The zero-order chi connectivity index (χ0) is 19.2. The van der Waals surface area contributed by atoms with Gasteiger partial charge in [-0.2, -0.15) is 0 Å². The summed E-state index contributed by atoms with van der Waals surface area (Å²) < 4.78 is 29.1. The molecule has 0 saturated heterocycles. The Balaban J connectivity index is 2.27. The SMILES string of the molecule is C=CC(=O)N1CC(c2c(F)cc(C(N)=O)c3[nH]c(C)c(Cl)c23)=CC(F)C1. The first-order chi connectivity index (χ1) is 12.2. The maximum atomic E-state index is 14.9. The van der Waals surface area contributed by atoms with Crippen LogP contribution in [0.5, 0.6) is 0 Å². The molecule has 0 spiro atoms. The highest BCUT2D eigenvalue weighted by atomic mass is 35.5. The van der Waals surface area contributed by atoms with Crippen LogP contribution in [0, 0.1) is 12.7 Å². The molecule has 3 N–H and O–H groups in total. The van der Waals surface area contributed by atoms with Gasteiger partial charge >= 0.3 is 0 Å². The summed E-state index contributed by atoms with van der Waals surface area (Å²) in [6.07, 6.45) is 0.866. The molecule has 2 aromatic rings. The summed E-state index contributed by atoms with van der Waals surface area (Å²) in [6, 6.07) is 0.995. The number of aromatic amines is 1. The molecule has 2 heterocycles. The number of carbonyl (C=O) groups is 2. The molecule has 1 unspecified atom stereocenters. The average Bonchev–Trinajstić information content (AvgIpc) is 2.88. The number of H-pyrrole nitrogens is 1. The number of amides is 2. The maximum absolute atomic E-state index is 14.9. The number of alkyl halides is 1. The van der Waals surface area contributed by atoms with Crippen LogP contribution < -0.4 is 5.73 Å². The third kappa shape index (κ3) is 2.88. The van der Waals surface area contributed by atoms with E-state index in [2.05, 4.69) is 11.6 Å². The lowest BCUT2D eigenvalue weighted by molar-refractivity contribution is -0.126. The Kier molecular flexibility index (Phi) is 4.58. The Hall–Kier alpha value is -2.67. The van der Waals surface area contributed by atoms with Crippen molar-refractivity contribution < 1.29 is 18.4 Å². The van der Waals surface area contributed by atoms with Crippen LogP contribution in [-0.2, 0) is 4.79 Å². The second-order valence-electron chi connectivity index (χ2n) is 6.09. The number of benzene rings is 1.